The Balaban J connectivity index is 2.17. The molecule has 2 aromatic rings. The highest BCUT2D eigenvalue weighted by Gasteiger charge is 2.09. The Morgan fingerprint density at radius 2 is 2.17 bits per heavy atom. The smallest absolute Gasteiger partial charge is 0.190 e. The topological polar surface area (TPSA) is 41.9 Å². The van der Waals surface area contributed by atoms with Crippen LogP contribution in [0, 0.1) is 6.92 Å². The van der Waals surface area contributed by atoms with Crippen molar-refractivity contribution in [2.24, 2.45) is 0 Å². The number of rotatable bonds is 4. The number of aromatic nitrogens is 3. The Kier molecular flexibility index (Phi) is 4.42. The second kappa shape index (κ2) is 5.86. The lowest BCUT2D eigenvalue weighted by molar-refractivity contribution is 0.840. The Morgan fingerprint density at radius 1 is 1.39 bits per heavy atom. The molecule has 0 saturated heterocycles. The van der Waals surface area contributed by atoms with Gasteiger partial charge < -0.3 is 4.90 Å². The van der Waals surface area contributed by atoms with E-state index in [1.165, 1.54) is 11.8 Å². The van der Waals surface area contributed by atoms with Gasteiger partial charge in [0.25, 0.3) is 0 Å². The maximum Gasteiger partial charge on any atom is 0.190 e. The normalized spacial score (nSPS) is 10.7. The van der Waals surface area contributed by atoms with Gasteiger partial charge in [0, 0.05) is 18.5 Å². The molecule has 0 aliphatic rings. The van der Waals surface area contributed by atoms with Gasteiger partial charge in [0.2, 0.25) is 0 Å². The molecule has 18 heavy (non-hydrogen) atoms. The van der Waals surface area contributed by atoms with Gasteiger partial charge in [0.05, 0.1) is 17.2 Å². The van der Waals surface area contributed by atoms with Crippen molar-refractivity contribution in [3.05, 3.63) is 27.3 Å². The Bertz CT molecular complexity index is 544. The van der Waals surface area contributed by atoms with Crippen molar-refractivity contribution in [3.63, 3.8) is 0 Å². The lowest BCUT2D eigenvalue weighted by Crippen LogP contribution is -2.18. The molecular weight excluding hydrogens is 288 g/mol. The zero-order valence-corrected chi connectivity index (χ0v) is 12.7. The van der Waals surface area contributed by atoms with Crippen LogP contribution in [-0.2, 0) is 6.54 Å². The number of nitrogens with zero attached hydrogens (tertiary/aromatic N) is 4. The monoisotopic (exact) mass is 300 g/mol. The molecule has 4 nitrogen and oxygen atoms in total. The van der Waals surface area contributed by atoms with E-state index in [1.807, 2.05) is 25.1 Å². The highest BCUT2D eigenvalue weighted by atomic mass is 35.5. The maximum absolute atomic E-state index is 5.98. The molecule has 0 fully saturated rings. The van der Waals surface area contributed by atoms with Crippen LogP contribution in [0.2, 0.25) is 5.15 Å². The first-order valence-electron chi connectivity index (χ1n) is 5.29. The van der Waals surface area contributed by atoms with Crippen molar-refractivity contribution in [1.82, 2.24) is 15.0 Å². The molecular formula is C11H13ClN4S2. The van der Waals surface area contributed by atoms with E-state index in [-0.39, 0.29) is 0 Å². The van der Waals surface area contributed by atoms with Gasteiger partial charge in [-0.2, -0.15) is 0 Å². The minimum atomic E-state index is 0.464. The van der Waals surface area contributed by atoms with Crippen LogP contribution in [0.3, 0.4) is 0 Å². The predicted octanol–water partition coefficient (Wildman–Crippen LogP) is 3.25. The summed E-state index contributed by atoms with van der Waals surface area (Å²) in [5.41, 5.74) is 1.04. The summed E-state index contributed by atoms with van der Waals surface area (Å²) >= 11 is 9.10. The minimum Gasteiger partial charge on any atom is -0.354 e. The third kappa shape index (κ3) is 3.34. The molecule has 96 valence electrons. The van der Waals surface area contributed by atoms with Crippen LogP contribution in [-0.4, -0.2) is 28.3 Å². The summed E-state index contributed by atoms with van der Waals surface area (Å²) < 4.78 is 0. The lowest BCUT2D eigenvalue weighted by Gasteiger charge is -2.17. The quantitative estimate of drug-likeness (QED) is 0.492. The average Bonchev–Trinajstić information content (AvgIpc) is 2.73. The van der Waals surface area contributed by atoms with Gasteiger partial charge in [-0.15, -0.1) is 11.3 Å². The summed E-state index contributed by atoms with van der Waals surface area (Å²) in [4.78, 5) is 15.0. The minimum absolute atomic E-state index is 0.464. The molecule has 0 atom stereocenters. The molecule has 0 N–H and O–H groups in total. The van der Waals surface area contributed by atoms with E-state index in [4.69, 9.17) is 11.6 Å². The van der Waals surface area contributed by atoms with Crippen molar-refractivity contribution >= 4 is 40.5 Å². The number of halogens is 1. The van der Waals surface area contributed by atoms with Gasteiger partial charge >= 0.3 is 0 Å². The molecule has 0 bridgehead atoms. The summed E-state index contributed by atoms with van der Waals surface area (Å²) in [6.45, 7) is 2.72. The fourth-order valence-electron chi connectivity index (χ4n) is 1.48. The fraction of sp³-hybridized carbons (Fsp3) is 0.364. The molecule has 0 spiro atoms. The molecule has 2 heterocycles. The van der Waals surface area contributed by atoms with Crippen molar-refractivity contribution in [2.75, 3.05) is 18.2 Å². The molecule has 0 unspecified atom stereocenters. The first-order chi connectivity index (χ1) is 8.58. The largest absolute Gasteiger partial charge is 0.354 e. The molecule has 2 aromatic heterocycles. The average molecular weight is 301 g/mol. The molecule has 7 heteroatoms. The molecule has 0 aliphatic heterocycles. The summed E-state index contributed by atoms with van der Waals surface area (Å²) in [7, 11) is 1.97. The van der Waals surface area contributed by atoms with E-state index in [0.29, 0.717) is 16.9 Å². The van der Waals surface area contributed by atoms with Crippen LogP contribution in [0.25, 0.3) is 0 Å². The van der Waals surface area contributed by atoms with Gasteiger partial charge in [-0.1, -0.05) is 23.4 Å². The second-order valence-corrected chi connectivity index (χ2v) is 5.97. The third-order valence-electron chi connectivity index (χ3n) is 2.30. The maximum atomic E-state index is 5.98. The van der Waals surface area contributed by atoms with E-state index in [0.717, 1.165) is 16.5 Å². The fourth-order valence-corrected chi connectivity index (χ4v) is 2.68. The Labute approximate surface area is 119 Å². The van der Waals surface area contributed by atoms with Crippen molar-refractivity contribution in [2.45, 2.75) is 18.6 Å². The summed E-state index contributed by atoms with van der Waals surface area (Å²) in [5, 5.41) is 4.28. The van der Waals surface area contributed by atoms with Gasteiger partial charge in [0.15, 0.2) is 5.16 Å². The first kappa shape index (κ1) is 13.6. The van der Waals surface area contributed by atoms with Gasteiger partial charge in [-0.25, -0.2) is 15.0 Å². The van der Waals surface area contributed by atoms with Crippen LogP contribution in [0.4, 0.5) is 5.82 Å². The van der Waals surface area contributed by atoms with Crippen molar-refractivity contribution in [3.8, 4) is 0 Å². The second-order valence-electron chi connectivity index (χ2n) is 3.75. The standard InChI is InChI=1S/C11H13ClN4S2/c1-7-13-8(6-18-7)5-16(2)10-4-9(12)14-11(15-10)17-3/h4,6H,5H2,1-3H3. The zero-order valence-electron chi connectivity index (χ0n) is 10.3. The number of hydrogen-bond donors (Lipinski definition) is 0. The SMILES string of the molecule is CSc1nc(Cl)cc(N(C)Cc2csc(C)n2)n1. The predicted molar refractivity (Wildman–Crippen MR) is 77.8 cm³/mol. The third-order valence-corrected chi connectivity index (χ3v) is 3.86. The van der Waals surface area contributed by atoms with Crippen molar-refractivity contribution in [1.29, 1.82) is 0 Å². The highest BCUT2D eigenvalue weighted by molar-refractivity contribution is 7.98. The van der Waals surface area contributed by atoms with E-state index < -0.39 is 0 Å². The molecule has 0 radical (unpaired) electrons. The Morgan fingerprint density at radius 3 is 2.78 bits per heavy atom. The number of thiazole rings is 1. The van der Waals surface area contributed by atoms with Crippen LogP contribution >= 0.6 is 34.7 Å². The molecule has 0 aliphatic carbocycles. The van der Waals surface area contributed by atoms with Crippen LogP contribution in [0.15, 0.2) is 16.6 Å². The molecule has 2 rings (SSSR count). The number of anilines is 1. The Hall–Kier alpha value is -0.850. The molecule has 0 aromatic carbocycles. The van der Waals surface area contributed by atoms with Crippen LogP contribution in [0.5, 0.6) is 0 Å². The van der Waals surface area contributed by atoms with Crippen LogP contribution in [0.1, 0.15) is 10.7 Å². The molecule has 0 saturated carbocycles. The van der Waals surface area contributed by atoms with Crippen LogP contribution < -0.4 is 4.90 Å². The van der Waals surface area contributed by atoms with E-state index in [2.05, 4.69) is 20.3 Å². The van der Waals surface area contributed by atoms with Gasteiger partial charge in [0.1, 0.15) is 11.0 Å². The zero-order chi connectivity index (χ0) is 13.1. The molecule has 0 amide bonds. The summed E-state index contributed by atoms with van der Waals surface area (Å²) in [6, 6.07) is 1.76. The summed E-state index contributed by atoms with van der Waals surface area (Å²) in [6.07, 6.45) is 1.93. The lowest BCUT2D eigenvalue weighted by atomic mass is 10.4. The van der Waals surface area contributed by atoms with E-state index in [9.17, 15) is 0 Å². The van der Waals surface area contributed by atoms with E-state index >= 15 is 0 Å². The van der Waals surface area contributed by atoms with Gasteiger partial charge in [-0.05, 0) is 13.2 Å². The number of hydrogen-bond acceptors (Lipinski definition) is 6. The number of thioether (sulfide) groups is 1. The van der Waals surface area contributed by atoms with E-state index in [1.54, 1.807) is 17.4 Å². The number of aryl methyl sites for hydroxylation is 1. The highest BCUT2D eigenvalue weighted by Crippen LogP contribution is 2.21. The summed E-state index contributed by atoms with van der Waals surface area (Å²) in [5.74, 6) is 0.810. The first-order valence-corrected chi connectivity index (χ1v) is 7.77. The van der Waals surface area contributed by atoms with Crippen molar-refractivity contribution < 1.29 is 0 Å². The van der Waals surface area contributed by atoms with Gasteiger partial charge in [-0.3, -0.25) is 0 Å².